The molecule has 0 spiro atoms. The topological polar surface area (TPSA) is 68.6 Å². The number of carbonyl (C=O) groups excluding carboxylic acids is 1. The minimum atomic E-state index is -0.513. The Morgan fingerprint density at radius 2 is 1.56 bits per heavy atom. The van der Waals surface area contributed by atoms with Gasteiger partial charge in [0.2, 0.25) is 0 Å². The van der Waals surface area contributed by atoms with Crippen LogP contribution in [0.2, 0.25) is 0 Å². The number of ether oxygens (including phenoxy) is 3. The molecule has 0 aliphatic heterocycles. The van der Waals surface area contributed by atoms with Crippen LogP contribution in [0.5, 0.6) is 17.2 Å². The van der Waals surface area contributed by atoms with Crippen molar-refractivity contribution in [2.75, 3.05) is 14.2 Å². The lowest BCUT2D eigenvalue weighted by Gasteiger charge is -2.10. The van der Waals surface area contributed by atoms with E-state index in [2.05, 4.69) is 19.9 Å². The second-order valence-electron chi connectivity index (χ2n) is 7.86. The van der Waals surface area contributed by atoms with E-state index in [1.54, 1.807) is 43.5 Å². The minimum absolute atomic E-state index is 0.292. The van der Waals surface area contributed by atoms with Gasteiger partial charge in [-0.15, -0.1) is 0 Å². The molecule has 0 fully saturated rings. The summed E-state index contributed by atoms with van der Waals surface area (Å²) >= 11 is 0. The molecule has 3 aromatic carbocycles. The predicted molar refractivity (Wildman–Crippen MR) is 135 cm³/mol. The molecule has 0 saturated heterocycles. The van der Waals surface area contributed by atoms with E-state index >= 15 is 0 Å². The van der Waals surface area contributed by atoms with Gasteiger partial charge in [0, 0.05) is 11.6 Å². The van der Waals surface area contributed by atoms with Gasteiger partial charge < -0.3 is 14.2 Å². The number of esters is 1. The summed E-state index contributed by atoms with van der Waals surface area (Å²) < 4.78 is 16.2. The van der Waals surface area contributed by atoms with Crippen LogP contribution in [0.4, 0.5) is 0 Å². The second kappa shape index (κ2) is 11.5. The standard InChI is InChI=1S/C29H27NO4/c1-20(2)23-13-9-21(10-14-23)12-16-29(31)34-27-15-11-22(18-28(27)33-4)17-24(19-30)25-7-5-6-8-26(25)32-3/h5-18,20H,1-4H3/b16-12+,24-17-. The lowest BCUT2D eigenvalue weighted by molar-refractivity contribution is -0.129. The van der Waals surface area contributed by atoms with Crippen molar-refractivity contribution in [2.24, 2.45) is 0 Å². The summed E-state index contributed by atoms with van der Waals surface area (Å²) in [6.45, 7) is 4.27. The summed E-state index contributed by atoms with van der Waals surface area (Å²) in [5.41, 5.74) is 4.00. The number of rotatable bonds is 8. The number of hydrogen-bond donors (Lipinski definition) is 0. The Labute approximate surface area is 200 Å². The molecule has 0 aliphatic carbocycles. The van der Waals surface area contributed by atoms with Crippen molar-refractivity contribution in [3.63, 3.8) is 0 Å². The van der Waals surface area contributed by atoms with Crippen molar-refractivity contribution in [1.29, 1.82) is 5.26 Å². The van der Waals surface area contributed by atoms with Gasteiger partial charge in [0.15, 0.2) is 11.5 Å². The maximum absolute atomic E-state index is 12.4. The third-order valence-corrected chi connectivity index (χ3v) is 5.24. The number of methoxy groups -OCH3 is 2. The molecule has 0 saturated carbocycles. The van der Waals surface area contributed by atoms with Crippen molar-refractivity contribution >= 4 is 23.7 Å². The van der Waals surface area contributed by atoms with E-state index in [1.807, 2.05) is 42.5 Å². The van der Waals surface area contributed by atoms with Crippen LogP contribution in [0.3, 0.4) is 0 Å². The van der Waals surface area contributed by atoms with Crippen molar-refractivity contribution < 1.29 is 19.0 Å². The summed E-state index contributed by atoms with van der Waals surface area (Å²) in [5.74, 6) is 1.22. The zero-order valence-corrected chi connectivity index (χ0v) is 19.7. The summed E-state index contributed by atoms with van der Waals surface area (Å²) in [4.78, 5) is 12.4. The third-order valence-electron chi connectivity index (χ3n) is 5.24. The lowest BCUT2D eigenvalue weighted by Crippen LogP contribution is -2.05. The Bertz CT molecular complexity index is 1250. The van der Waals surface area contributed by atoms with Gasteiger partial charge >= 0.3 is 5.97 Å². The average Bonchev–Trinajstić information content (AvgIpc) is 2.87. The number of allylic oxidation sites excluding steroid dienone is 1. The van der Waals surface area contributed by atoms with Crippen LogP contribution >= 0.6 is 0 Å². The van der Waals surface area contributed by atoms with Gasteiger partial charge in [0.25, 0.3) is 0 Å². The molecular weight excluding hydrogens is 426 g/mol. The molecule has 0 bridgehead atoms. The van der Waals surface area contributed by atoms with Crippen molar-refractivity contribution in [2.45, 2.75) is 19.8 Å². The fourth-order valence-electron chi connectivity index (χ4n) is 3.36. The first-order valence-electron chi connectivity index (χ1n) is 10.9. The highest BCUT2D eigenvalue weighted by Gasteiger charge is 2.11. The second-order valence-corrected chi connectivity index (χ2v) is 7.86. The molecule has 172 valence electrons. The molecule has 0 aliphatic rings. The van der Waals surface area contributed by atoms with Gasteiger partial charge in [-0.3, -0.25) is 0 Å². The molecule has 0 heterocycles. The van der Waals surface area contributed by atoms with Crippen LogP contribution in [0.15, 0.2) is 72.8 Å². The van der Waals surface area contributed by atoms with E-state index in [0.717, 1.165) is 11.1 Å². The molecule has 0 N–H and O–H groups in total. The summed E-state index contributed by atoms with van der Waals surface area (Å²) in [5, 5.41) is 9.67. The fraction of sp³-hybridized carbons (Fsp3) is 0.172. The number of nitriles is 1. The Balaban J connectivity index is 1.77. The quantitative estimate of drug-likeness (QED) is 0.128. The third kappa shape index (κ3) is 6.14. The molecule has 5 heteroatoms. The molecule has 34 heavy (non-hydrogen) atoms. The van der Waals surface area contributed by atoms with Crippen LogP contribution in [0, 0.1) is 11.3 Å². The highest BCUT2D eigenvalue weighted by Crippen LogP contribution is 2.32. The van der Waals surface area contributed by atoms with Gasteiger partial charge in [-0.1, -0.05) is 56.3 Å². The Kier molecular flexibility index (Phi) is 8.26. The molecule has 0 aromatic heterocycles. The maximum atomic E-state index is 12.4. The van der Waals surface area contributed by atoms with Crippen LogP contribution in [0.25, 0.3) is 17.7 Å². The smallest absolute Gasteiger partial charge is 0.336 e. The average molecular weight is 454 g/mol. The van der Waals surface area contributed by atoms with Crippen LogP contribution in [-0.2, 0) is 4.79 Å². The SMILES string of the molecule is COc1cc(/C=C(/C#N)c2ccccc2OC)ccc1OC(=O)/C=C/c1ccc(C(C)C)cc1. The van der Waals surface area contributed by atoms with E-state index in [-0.39, 0.29) is 0 Å². The zero-order valence-electron chi connectivity index (χ0n) is 19.7. The Morgan fingerprint density at radius 1 is 0.882 bits per heavy atom. The van der Waals surface area contributed by atoms with Crippen LogP contribution in [-0.4, -0.2) is 20.2 Å². The maximum Gasteiger partial charge on any atom is 0.336 e. The Hall–Kier alpha value is -4.30. The van der Waals surface area contributed by atoms with Crippen molar-refractivity contribution in [1.82, 2.24) is 0 Å². The summed E-state index contributed by atoms with van der Waals surface area (Å²) in [6.07, 6.45) is 4.82. The molecular formula is C29H27NO4. The van der Waals surface area contributed by atoms with Crippen molar-refractivity contribution in [3.8, 4) is 23.3 Å². The Morgan fingerprint density at radius 3 is 2.21 bits per heavy atom. The molecule has 0 unspecified atom stereocenters. The number of carbonyl (C=O) groups is 1. The first-order valence-corrected chi connectivity index (χ1v) is 10.9. The highest BCUT2D eigenvalue weighted by molar-refractivity contribution is 5.92. The molecule has 3 aromatic rings. The molecule has 0 atom stereocenters. The summed E-state index contributed by atoms with van der Waals surface area (Å²) in [7, 11) is 3.06. The van der Waals surface area contributed by atoms with E-state index in [1.165, 1.54) is 18.7 Å². The molecule has 0 amide bonds. The number of para-hydroxylation sites is 1. The molecule has 3 rings (SSSR count). The van der Waals surface area contributed by atoms with Gasteiger partial charge in [-0.05, 0) is 59.0 Å². The van der Waals surface area contributed by atoms with Gasteiger partial charge in [0.1, 0.15) is 5.75 Å². The largest absolute Gasteiger partial charge is 0.496 e. The van der Waals surface area contributed by atoms with Gasteiger partial charge in [0.05, 0.1) is 25.9 Å². The number of nitrogens with zero attached hydrogens (tertiary/aromatic N) is 1. The van der Waals surface area contributed by atoms with Crippen LogP contribution < -0.4 is 14.2 Å². The normalized spacial score (nSPS) is 11.4. The minimum Gasteiger partial charge on any atom is -0.496 e. The van der Waals surface area contributed by atoms with Gasteiger partial charge in [-0.2, -0.15) is 5.26 Å². The van der Waals surface area contributed by atoms with E-state index in [4.69, 9.17) is 14.2 Å². The van der Waals surface area contributed by atoms with Gasteiger partial charge in [-0.25, -0.2) is 4.79 Å². The van der Waals surface area contributed by atoms with Crippen molar-refractivity contribution in [3.05, 3.63) is 95.1 Å². The lowest BCUT2D eigenvalue weighted by atomic mass is 10.0. The predicted octanol–water partition coefficient (Wildman–Crippen LogP) is 6.51. The fourth-order valence-corrected chi connectivity index (χ4v) is 3.36. The van der Waals surface area contributed by atoms with E-state index in [9.17, 15) is 10.1 Å². The molecule has 0 radical (unpaired) electrons. The summed E-state index contributed by atoms with van der Waals surface area (Å²) in [6, 6.07) is 22.7. The monoisotopic (exact) mass is 453 g/mol. The van der Waals surface area contributed by atoms with Crippen LogP contribution in [0.1, 0.15) is 42.0 Å². The first-order chi connectivity index (χ1) is 16.4. The number of hydrogen-bond acceptors (Lipinski definition) is 5. The first kappa shape index (κ1) is 24.3. The molecule has 5 nitrogen and oxygen atoms in total. The van der Waals surface area contributed by atoms with E-state index < -0.39 is 5.97 Å². The highest BCUT2D eigenvalue weighted by atomic mass is 16.6. The zero-order chi connectivity index (χ0) is 24.5. The number of benzene rings is 3. The van der Waals surface area contributed by atoms with E-state index in [0.29, 0.717) is 34.3 Å².